The number of imidazole rings is 1. The monoisotopic (exact) mass is 334 g/mol. The van der Waals surface area contributed by atoms with E-state index in [9.17, 15) is 14.9 Å². The molecule has 128 valence electrons. The Labute approximate surface area is 138 Å². The predicted octanol–water partition coefficient (Wildman–Crippen LogP) is 2.15. The third-order valence-electron chi connectivity index (χ3n) is 3.41. The Bertz CT molecular complexity index is 756. The zero-order valence-electron chi connectivity index (χ0n) is 13.6. The fourth-order valence-corrected chi connectivity index (χ4v) is 2.12. The number of anilines is 1. The average Bonchev–Trinajstić information content (AvgIpc) is 3.03. The molecule has 2 aromatic rings. The molecule has 0 unspecified atom stereocenters. The lowest BCUT2D eigenvalue weighted by molar-refractivity contribution is -0.389. The van der Waals surface area contributed by atoms with Gasteiger partial charge in [-0.1, -0.05) is 0 Å². The van der Waals surface area contributed by atoms with Crippen LogP contribution < -0.4 is 14.8 Å². The number of nitro groups is 1. The van der Waals surface area contributed by atoms with Gasteiger partial charge in [-0.3, -0.25) is 4.79 Å². The van der Waals surface area contributed by atoms with E-state index in [4.69, 9.17) is 9.47 Å². The molecule has 0 bridgehead atoms. The van der Waals surface area contributed by atoms with Gasteiger partial charge in [0.1, 0.15) is 6.20 Å². The fraction of sp³-hybridized carbons (Fsp3) is 0.333. The number of hydrogen-bond donors (Lipinski definition) is 1. The molecular weight excluding hydrogens is 316 g/mol. The van der Waals surface area contributed by atoms with Crippen molar-refractivity contribution in [2.75, 3.05) is 19.5 Å². The SMILES string of the molecule is COc1cc(C)c(NC(=O)CCn2cnc([N+](=O)[O-])c2)cc1OC. The second kappa shape index (κ2) is 7.44. The van der Waals surface area contributed by atoms with Crippen LogP contribution in [0, 0.1) is 17.0 Å². The van der Waals surface area contributed by atoms with Gasteiger partial charge in [0.2, 0.25) is 12.2 Å². The van der Waals surface area contributed by atoms with Crippen LogP contribution in [0.3, 0.4) is 0 Å². The Kier molecular flexibility index (Phi) is 5.35. The van der Waals surface area contributed by atoms with Gasteiger partial charge in [-0.25, -0.2) is 0 Å². The van der Waals surface area contributed by atoms with Gasteiger partial charge in [0.05, 0.1) is 14.2 Å². The van der Waals surface area contributed by atoms with Crippen LogP contribution in [0.1, 0.15) is 12.0 Å². The Morgan fingerprint density at radius 1 is 1.33 bits per heavy atom. The summed E-state index contributed by atoms with van der Waals surface area (Å²) in [6, 6.07) is 3.46. The van der Waals surface area contributed by atoms with Crippen LogP contribution in [0.2, 0.25) is 0 Å². The largest absolute Gasteiger partial charge is 0.493 e. The number of methoxy groups -OCH3 is 2. The van der Waals surface area contributed by atoms with Gasteiger partial charge >= 0.3 is 5.82 Å². The van der Waals surface area contributed by atoms with E-state index in [0.29, 0.717) is 23.7 Å². The molecule has 0 saturated carbocycles. The number of carbonyl (C=O) groups excluding carboxylic acids is 1. The van der Waals surface area contributed by atoms with Crippen LogP contribution in [-0.2, 0) is 11.3 Å². The number of aryl methyl sites for hydroxylation is 2. The quantitative estimate of drug-likeness (QED) is 0.614. The second-order valence-corrected chi connectivity index (χ2v) is 5.05. The van der Waals surface area contributed by atoms with Gasteiger partial charge in [-0.05, 0) is 28.5 Å². The molecule has 1 aromatic carbocycles. The van der Waals surface area contributed by atoms with Gasteiger partial charge in [0.25, 0.3) is 0 Å². The molecule has 1 amide bonds. The molecule has 0 spiro atoms. The third-order valence-corrected chi connectivity index (χ3v) is 3.41. The van der Waals surface area contributed by atoms with Crippen LogP contribution in [0.5, 0.6) is 11.5 Å². The number of hydrogen-bond acceptors (Lipinski definition) is 6. The van der Waals surface area contributed by atoms with Crippen molar-refractivity contribution in [2.24, 2.45) is 0 Å². The van der Waals surface area contributed by atoms with Crippen molar-refractivity contribution in [3.8, 4) is 11.5 Å². The van der Waals surface area contributed by atoms with Crippen LogP contribution in [0.25, 0.3) is 0 Å². The molecule has 9 nitrogen and oxygen atoms in total. The summed E-state index contributed by atoms with van der Waals surface area (Å²) in [4.78, 5) is 25.7. The lowest BCUT2D eigenvalue weighted by atomic mass is 10.1. The molecule has 9 heteroatoms. The van der Waals surface area contributed by atoms with Crippen molar-refractivity contribution >= 4 is 17.4 Å². The summed E-state index contributed by atoms with van der Waals surface area (Å²) < 4.78 is 11.9. The first-order chi connectivity index (χ1) is 11.4. The van der Waals surface area contributed by atoms with Crippen molar-refractivity contribution in [3.05, 3.63) is 40.3 Å². The van der Waals surface area contributed by atoms with Crippen LogP contribution in [-0.4, -0.2) is 34.6 Å². The van der Waals surface area contributed by atoms with Gasteiger partial charge in [0, 0.05) is 24.7 Å². The van der Waals surface area contributed by atoms with E-state index in [1.807, 2.05) is 6.92 Å². The minimum absolute atomic E-state index is 0.154. The minimum Gasteiger partial charge on any atom is -0.493 e. The molecule has 0 atom stereocenters. The number of carbonyl (C=O) groups is 1. The smallest absolute Gasteiger partial charge is 0.381 e. The molecule has 0 radical (unpaired) electrons. The lowest BCUT2D eigenvalue weighted by Gasteiger charge is -2.13. The second-order valence-electron chi connectivity index (χ2n) is 5.05. The summed E-state index contributed by atoms with van der Waals surface area (Å²) >= 11 is 0. The number of amides is 1. The van der Waals surface area contributed by atoms with Gasteiger partial charge < -0.3 is 29.5 Å². The molecule has 1 aromatic heterocycles. The topological polar surface area (TPSA) is 109 Å². The zero-order valence-corrected chi connectivity index (χ0v) is 13.6. The molecule has 0 aliphatic carbocycles. The summed E-state index contributed by atoms with van der Waals surface area (Å²) in [5.74, 6) is 0.634. The van der Waals surface area contributed by atoms with E-state index in [1.165, 1.54) is 24.2 Å². The van der Waals surface area contributed by atoms with E-state index < -0.39 is 4.92 Å². The fourth-order valence-electron chi connectivity index (χ4n) is 2.12. The number of aromatic nitrogens is 2. The molecule has 0 aliphatic rings. The van der Waals surface area contributed by atoms with Crippen LogP contribution >= 0.6 is 0 Å². The molecule has 24 heavy (non-hydrogen) atoms. The van der Waals surface area contributed by atoms with Crippen molar-refractivity contribution < 1.29 is 19.2 Å². The number of ether oxygens (including phenoxy) is 2. The Hall–Kier alpha value is -3.10. The molecule has 0 fully saturated rings. The summed E-state index contributed by atoms with van der Waals surface area (Å²) in [5, 5.41) is 13.4. The Morgan fingerprint density at radius 3 is 2.58 bits per heavy atom. The first-order valence-electron chi connectivity index (χ1n) is 7.13. The summed E-state index contributed by atoms with van der Waals surface area (Å²) in [7, 11) is 3.06. The summed E-state index contributed by atoms with van der Waals surface area (Å²) in [6.45, 7) is 2.13. The van der Waals surface area contributed by atoms with E-state index in [2.05, 4.69) is 10.3 Å². The van der Waals surface area contributed by atoms with Crippen molar-refractivity contribution in [3.63, 3.8) is 0 Å². The Balaban J connectivity index is 2.00. The van der Waals surface area contributed by atoms with Crippen molar-refractivity contribution in [1.82, 2.24) is 9.55 Å². The normalized spacial score (nSPS) is 10.3. The van der Waals surface area contributed by atoms with E-state index in [0.717, 1.165) is 5.56 Å². The first kappa shape index (κ1) is 17.3. The van der Waals surface area contributed by atoms with Crippen LogP contribution in [0.15, 0.2) is 24.7 Å². The third kappa shape index (κ3) is 4.00. The highest BCUT2D eigenvalue weighted by Crippen LogP contribution is 2.32. The number of rotatable bonds is 7. The van der Waals surface area contributed by atoms with Gasteiger partial charge in [-0.15, -0.1) is 0 Å². The van der Waals surface area contributed by atoms with E-state index >= 15 is 0 Å². The van der Waals surface area contributed by atoms with E-state index in [1.54, 1.807) is 19.2 Å². The summed E-state index contributed by atoms with van der Waals surface area (Å²) in [5.41, 5.74) is 1.45. The highest BCUT2D eigenvalue weighted by atomic mass is 16.6. The summed E-state index contributed by atoms with van der Waals surface area (Å²) in [6.07, 6.45) is 2.77. The molecule has 1 N–H and O–H groups in total. The molecule has 1 heterocycles. The first-order valence-corrected chi connectivity index (χ1v) is 7.13. The minimum atomic E-state index is -0.580. The predicted molar refractivity (Wildman–Crippen MR) is 86.4 cm³/mol. The highest BCUT2D eigenvalue weighted by molar-refractivity contribution is 5.91. The van der Waals surface area contributed by atoms with Crippen molar-refractivity contribution in [1.29, 1.82) is 0 Å². The van der Waals surface area contributed by atoms with Crippen molar-refractivity contribution in [2.45, 2.75) is 19.9 Å². The van der Waals surface area contributed by atoms with Gasteiger partial charge in [-0.2, -0.15) is 0 Å². The van der Waals surface area contributed by atoms with Crippen LogP contribution in [0.4, 0.5) is 11.5 Å². The maximum atomic E-state index is 12.1. The molecular formula is C15H18N4O5. The Morgan fingerprint density at radius 2 is 2.00 bits per heavy atom. The molecule has 0 aliphatic heterocycles. The number of nitrogens with zero attached hydrogens (tertiary/aromatic N) is 3. The maximum Gasteiger partial charge on any atom is 0.381 e. The van der Waals surface area contributed by atoms with Gasteiger partial charge in [0.15, 0.2) is 11.5 Å². The highest BCUT2D eigenvalue weighted by Gasteiger charge is 2.13. The average molecular weight is 334 g/mol. The standard InChI is InChI=1S/C15H18N4O5/c1-10-6-12(23-2)13(24-3)7-11(10)17-15(20)4-5-18-8-14(16-9-18)19(21)22/h6-9H,4-5H2,1-3H3,(H,17,20). The molecule has 2 rings (SSSR count). The van der Waals surface area contributed by atoms with E-state index in [-0.39, 0.29) is 18.1 Å². The number of benzene rings is 1. The number of nitrogens with one attached hydrogen (secondary N) is 1. The lowest BCUT2D eigenvalue weighted by Crippen LogP contribution is -2.15. The maximum absolute atomic E-state index is 12.1. The zero-order chi connectivity index (χ0) is 17.7. The molecule has 0 saturated heterocycles.